The molecule has 1 atom stereocenters. The number of carbonyl (C=O) groups excluding carboxylic acids is 1. The van der Waals surface area contributed by atoms with Crippen molar-refractivity contribution in [1.29, 1.82) is 0 Å². The van der Waals surface area contributed by atoms with Crippen LogP contribution in [-0.4, -0.2) is 22.3 Å². The van der Waals surface area contributed by atoms with E-state index in [-0.39, 0.29) is 17.6 Å². The molecule has 1 aliphatic rings. The van der Waals surface area contributed by atoms with Crippen molar-refractivity contribution in [2.45, 2.75) is 25.8 Å². The van der Waals surface area contributed by atoms with E-state index in [2.05, 4.69) is 23.4 Å². The molecule has 3 nitrogen and oxygen atoms in total. The third-order valence-electron chi connectivity index (χ3n) is 3.68. The first kappa shape index (κ1) is 13.2. The van der Waals surface area contributed by atoms with Gasteiger partial charge in [0.1, 0.15) is 5.69 Å². The van der Waals surface area contributed by atoms with Gasteiger partial charge in [-0.15, -0.1) is 11.3 Å². The van der Waals surface area contributed by atoms with Crippen LogP contribution in [0.5, 0.6) is 0 Å². The van der Waals surface area contributed by atoms with Gasteiger partial charge in [0.25, 0.3) is 5.91 Å². The Kier molecular flexibility index (Phi) is 3.53. The fourth-order valence-corrected chi connectivity index (χ4v) is 3.68. The second-order valence-corrected chi connectivity index (χ2v) is 5.82. The van der Waals surface area contributed by atoms with Gasteiger partial charge in [-0.1, -0.05) is 13.0 Å². The largest absolute Gasteiger partial charge is 0.330 e. The van der Waals surface area contributed by atoms with Gasteiger partial charge >= 0.3 is 0 Å². The Morgan fingerprint density at radius 2 is 2.35 bits per heavy atom. The lowest BCUT2D eigenvalue weighted by Gasteiger charge is -2.35. The molecule has 0 radical (unpaired) electrons. The zero-order valence-electron chi connectivity index (χ0n) is 11.2. The van der Waals surface area contributed by atoms with E-state index in [1.165, 1.54) is 22.6 Å². The molecule has 0 saturated heterocycles. The van der Waals surface area contributed by atoms with E-state index in [4.69, 9.17) is 0 Å². The molecular formula is C15H15FN2OS. The predicted molar refractivity (Wildman–Crippen MR) is 76.3 cm³/mol. The van der Waals surface area contributed by atoms with E-state index in [0.717, 1.165) is 12.8 Å². The van der Waals surface area contributed by atoms with Gasteiger partial charge in [-0.2, -0.15) is 4.39 Å². The van der Waals surface area contributed by atoms with Crippen LogP contribution in [0.2, 0.25) is 0 Å². The van der Waals surface area contributed by atoms with Crippen LogP contribution in [0.3, 0.4) is 0 Å². The number of hydrogen-bond acceptors (Lipinski definition) is 3. The average molecular weight is 290 g/mol. The Bertz CT molecular complexity index is 640. The van der Waals surface area contributed by atoms with E-state index in [1.54, 1.807) is 17.4 Å². The summed E-state index contributed by atoms with van der Waals surface area (Å²) in [6.07, 6.45) is 1.72. The number of amides is 1. The SMILES string of the molecule is CCC1c2ccsc2CCN1C(=O)c1cccc(F)n1. The summed E-state index contributed by atoms with van der Waals surface area (Å²) in [6, 6.07) is 6.51. The number of fused-ring (bicyclic) bond motifs is 1. The average Bonchev–Trinajstić information content (AvgIpc) is 2.93. The van der Waals surface area contributed by atoms with Crippen LogP contribution in [0.15, 0.2) is 29.6 Å². The second-order valence-electron chi connectivity index (χ2n) is 4.82. The Morgan fingerprint density at radius 3 is 3.10 bits per heavy atom. The highest BCUT2D eigenvalue weighted by atomic mass is 32.1. The first-order chi connectivity index (χ1) is 9.70. The predicted octanol–water partition coefficient (Wildman–Crippen LogP) is 3.43. The standard InChI is InChI=1S/C15H15FN2OS/c1-2-12-10-7-9-20-13(10)6-8-18(12)15(19)11-4-3-5-14(16)17-11/h3-5,7,9,12H,2,6,8H2,1H3. The lowest BCUT2D eigenvalue weighted by atomic mass is 9.97. The molecule has 0 aliphatic carbocycles. The minimum absolute atomic E-state index is 0.0718. The van der Waals surface area contributed by atoms with Crippen LogP contribution in [0.1, 0.15) is 40.3 Å². The molecule has 5 heteroatoms. The Hall–Kier alpha value is -1.75. The van der Waals surface area contributed by atoms with Crippen LogP contribution in [-0.2, 0) is 6.42 Å². The fourth-order valence-electron chi connectivity index (χ4n) is 2.75. The molecule has 0 N–H and O–H groups in total. The van der Waals surface area contributed by atoms with Crippen molar-refractivity contribution in [1.82, 2.24) is 9.88 Å². The van der Waals surface area contributed by atoms with Crippen LogP contribution < -0.4 is 0 Å². The molecule has 3 rings (SSSR count). The molecule has 20 heavy (non-hydrogen) atoms. The summed E-state index contributed by atoms with van der Waals surface area (Å²) in [6.45, 7) is 2.74. The molecule has 3 heterocycles. The van der Waals surface area contributed by atoms with Gasteiger partial charge in [0.15, 0.2) is 0 Å². The van der Waals surface area contributed by atoms with Crippen LogP contribution >= 0.6 is 11.3 Å². The van der Waals surface area contributed by atoms with Crippen molar-refractivity contribution < 1.29 is 9.18 Å². The summed E-state index contributed by atoms with van der Waals surface area (Å²) in [5.41, 5.74) is 1.41. The van der Waals surface area contributed by atoms with Crippen LogP contribution in [0.4, 0.5) is 4.39 Å². The number of pyridine rings is 1. The minimum Gasteiger partial charge on any atom is -0.330 e. The maximum absolute atomic E-state index is 13.2. The van der Waals surface area contributed by atoms with E-state index in [1.807, 2.05) is 4.90 Å². The van der Waals surface area contributed by atoms with Crippen molar-refractivity contribution >= 4 is 17.2 Å². The van der Waals surface area contributed by atoms with Gasteiger partial charge in [-0.3, -0.25) is 4.79 Å². The lowest BCUT2D eigenvalue weighted by molar-refractivity contribution is 0.0650. The van der Waals surface area contributed by atoms with Crippen molar-refractivity contribution in [2.24, 2.45) is 0 Å². The molecule has 2 aromatic rings. The summed E-state index contributed by atoms with van der Waals surface area (Å²) in [4.78, 5) is 19.4. The Labute approximate surface area is 121 Å². The van der Waals surface area contributed by atoms with Gasteiger partial charge in [0, 0.05) is 11.4 Å². The highest BCUT2D eigenvalue weighted by molar-refractivity contribution is 7.10. The second kappa shape index (κ2) is 5.32. The number of hydrogen-bond donors (Lipinski definition) is 0. The molecule has 0 spiro atoms. The number of aromatic nitrogens is 1. The summed E-state index contributed by atoms with van der Waals surface area (Å²) in [5, 5.41) is 2.07. The third kappa shape index (κ3) is 2.22. The van der Waals surface area contributed by atoms with Crippen molar-refractivity contribution in [3.8, 4) is 0 Å². The molecule has 2 aromatic heterocycles. The minimum atomic E-state index is -0.614. The maximum Gasteiger partial charge on any atom is 0.273 e. The monoisotopic (exact) mass is 290 g/mol. The lowest BCUT2D eigenvalue weighted by Crippen LogP contribution is -2.39. The maximum atomic E-state index is 13.2. The normalized spacial score (nSPS) is 17.9. The molecule has 1 amide bonds. The first-order valence-electron chi connectivity index (χ1n) is 6.70. The van der Waals surface area contributed by atoms with Gasteiger partial charge in [0.05, 0.1) is 6.04 Å². The molecule has 0 bridgehead atoms. The molecule has 104 valence electrons. The van der Waals surface area contributed by atoms with E-state index in [9.17, 15) is 9.18 Å². The highest BCUT2D eigenvalue weighted by Gasteiger charge is 2.31. The van der Waals surface area contributed by atoms with Crippen molar-refractivity contribution in [2.75, 3.05) is 6.54 Å². The van der Waals surface area contributed by atoms with Crippen LogP contribution in [0.25, 0.3) is 0 Å². The topological polar surface area (TPSA) is 33.2 Å². The number of rotatable bonds is 2. The summed E-state index contributed by atoms with van der Waals surface area (Å²) in [5.74, 6) is -0.801. The molecule has 0 saturated carbocycles. The van der Waals surface area contributed by atoms with Gasteiger partial charge in [-0.05, 0) is 42.0 Å². The molecular weight excluding hydrogens is 275 g/mol. The van der Waals surface area contributed by atoms with Gasteiger partial charge in [0.2, 0.25) is 5.95 Å². The summed E-state index contributed by atoms with van der Waals surface area (Å²) in [7, 11) is 0. The fraction of sp³-hybridized carbons (Fsp3) is 0.333. The highest BCUT2D eigenvalue weighted by Crippen LogP contribution is 2.35. The number of nitrogens with zero attached hydrogens (tertiary/aromatic N) is 2. The molecule has 0 aromatic carbocycles. The van der Waals surface area contributed by atoms with E-state index < -0.39 is 5.95 Å². The summed E-state index contributed by atoms with van der Waals surface area (Å²) >= 11 is 1.74. The molecule has 1 unspecified atom stereocenters. The Morgan fingerprint density at radius 1 is 1.50 bits per heavy atom. The van der Waals surface area contributed by atoms with Crippen molar-refractivity contribution in [3.05, 3.63) is 51.7 Å². The van der Waals surface area contributed by atoms with Crippen molar-refractivity contribution in [3.63, 3.8) is 0 Å². The number of carbonyl (C=O) groups is 1. The van der Waals surface area contributed by atoms with Gasteiger partial charge in [-0.25, -0.2) is 4.98 Å². The third-order valence-corrected chi connectivity index (χ3v) is 4.67. The van der Waals surface area contributed by atoms with E-state index in [0.29, 0.717) is 6.54 Å². The molecule has 1 aliphatic heterocycles. The quantitative estimate of drug-likeness (QED) is 0.794. The number of thiophene rings is 1. The number of halogens is 1. The van der Waals surface area contributed by atoms with Gasteiger partial charge < -0.3 is 4.90 Å². The zero-order chi connectivity index (χ0) is 14.1. The Balaban J connectivity index is 1.92. The first-order valence-corrected chi connectivity index (χ1v) is 7.58. The zero-order valence-corrected chi connectivity index (χ0v) is 12.0. The van der Waals surface area contributed by atoms with E-state index >= 15 is 0 Å². The smallest absolute Gasteiger partial charge is 0.273 e. The van der Waals surface area contributed by atoms with Crippen LogP contribution in [0, 0.1) is 5.95 Å². The summed E-state index contributed by atoms with van der Waals surface area (Å²) < 4.78 is 13.2. The molecule has 0 fully saturated rings.